The van der Waals surface area contributed by atoms with E-state index in [4.69, 9.17) is 11.6 Å². The average Bonchev–Trinajstić information content (AvgIpc) is 3.53. The third kappa shape index (κ3) is 5.81. The van der Waals surface area contributed by atoms with Gasteiger partial charge in [-0.05, 0) is 78.7 Å². The lowest BCUT2D eigenvalue weighted by molar-refractivity contribution is 0.0696. The van der Waals surface area contributed by atoms with Crippen LogP contribution in [-0.2, 0) is 6.54 Å². The zero-order valence-corrected chi connectivity index (χ0v) is 22.7. The minimum atomic E-state index is -1.08. The van der Waals surface area contributed by atoms with Crippen LogP contribution in [0.3, 0.4) is 0 Å². The van der Waals surface area contributed by atoms with Gasteiger partial charge < -0.3 is 15.5 Å². The van der Waals surface area contributed by atoms with Gasteiger partial charge in [-0.1, -0.05) is 35.9 Å². The maximum atomic E-state index is 13.1. The number of benzene rings is 3. The maximum absolute atomic E-state index is 13.1. The van der Waals surface area contributed by atoms with Crippen molar-refractivity contribution in [3.05, 3.63) is 117 Å². The molecule has 7 nitrogen and oxygen atoms in total. The van der Waals surface area contributed by atoms with Crippen LogP contribution in [0.25, 0.3) is 16.5 Å². The van der Waals surface area contributed by atoms with Crippen molar-refractivity contribution < 1.29 is 24.2 Å². The molecule has 0 fully saturated rings. The summed E-state index contributed by atoms with van der Waals surface area (Å²) in [4.78, 5) is 25.9. The number of thiophene rings is 1. The molecule has 0 saturated carbocycles. The number of hydrogen-bond donors (Lipinski definition) is 3. The summed E-state index contributed by atoms with van der Waals surface area (Å²) in [5.74, 6) is -1.75. The van der Waals surface area contributed by atoms with Crippen molar-refractivity contribution in [2.75, 3.05) is 5.01 Å². The first-order valence-corrected chi connectivity index (χ1v) is 13.4. The zero-order chi connectivity index (χ0) is 28.4. The van der Waals surface area contributed by atoms with Gasteiger partial charge in [-0.3, -0.25) is 4.79 Å². The Kier molecular flexibility index (Phi) is 7.79. The van der Waals surface area contributed by atoms with Gasteiger partial charge in [0.05, 0.1) is 27.5 Å². The molecule has 10 heteroatoms. The fraction of sp³-hybridized carbons (Fsp3) is 0.100. The normalized spacial score (nSPS) is 15.8. The number of nitrogens with one attached hydrogen (secondary N) is 1. The molecule has 0 aliphatic carbocycles. The summed E-state index contributed by atoms with van der Waals surface area (Å²) >= 11 is 7.80. The Balaban J connectivity index is 1.33. The number of aliphatic hydroxyl groups is 1. The van der Waals surface area contributed by atoms with E-state index in [0.717, 1.165) is 20.9 Å². The Morgan fingerprint density at radius 3 is 2.62 bits per heavy atom. The van der Waals surface area contributed by atoms with Gasteiger partial charge in [0, 0.05) is 21.9 Å². The fourth-order valence-corrected chi connectivity index (χ4v) is 5.38. The molecular weight excluding hydrogens is 553 g/mol. The lowest BCUT2D eigenvalue weighted by atomic mass is 10.1. The van der Waals surface area contributed by atoms with Crippen LogP contribution in [0.5, 0.6) is 0 Å². The topological polar surface area (TPSA) is 102 Å². The highest BCUT2D eigenvalue weighted by Crippen LogP contribution is 2.34. The summed E-state index contributed by atoms with van der Waals surface area (Å²) in [5.41, 5.74) is 3.65. The van der Waals surface area contributed by atoms with Gasteiger partial charge >= 0.3 is 5.97 Å². The molecule has 3 N–H and O–H groups in total. The van der Waals surface area contributed by atoms with Crippen LogP contribution in [0.2, 0.25) is 5.02 Å². The van der Waals surface area contributed by atoms with Gasteiger partial charge in [-0.25, -0.2) is 14.2 Å². The van der Waals surface area contributed by atoms with E-state index in [0.29, 0.717) is 27.6 Å². The monoisotopic (exact) mass is 575 g/mol. The number of hydrazone groups is 1. The third-order valence-electron chi connectivity index (χ3n) is 6.33. The largest absolute Gasteiger partial charge is 0.478 e. The highest BCUT2D eigenvalue weighted by molar-refractivity contribution is 7.16. The first-order valence-electron chi connectivity index (χ1n) is 12.2. The number of carboxylic acids is 1. The Bertz CT molecular complexity index is 1670. The Morgan fingerprint density at radius 1 is 1.10 bits per heavy atom. The molecule has 1 atom stereocenters. The molecule has 1 aliphatic heterocycles. The van der Waals surface area contributed by atoms with Gasteiger partial charge in [0.15, 0.2) is 6.23 Å². The van der Waals surface area contributed by atoms with E-state index >= 15 is 0 Å². The van der Waals surface area contributed by atoms with E-state index in [-0.39, 0.29) is 23.8 Å². The van der Waals surface area contributed by atoms with Gasteiger partial charge in [0.25, 0.3) is 5.91 Å². The summed E-state index contributed by atoms with van der Waals surface area (Å²) in [6.07, 6.45) is 0.756. The molecule has 5 rings (SSSR count). The fourth-order valence-electron chi connectivity index (χ4n) is 4.22. The number of carbonyl (C=O) groups excluding carboxylic acids is 1. The van der Waals surface area contributed by atoms with Crippen LogP contribution in [0.1, 0.15) is 38.1 Å². The molecule has 4 aromatic rings. The second kappa shape index (κ2) is 11.4. The number of carboxylic acid groups (broad SMARTS) is 1. The molecule has 0 radical (unpaired) electrons. The molecule has 1 aromatic heterocycles. The van der Waals surface area contributed by atoms with E-state index in [1.807, 2.05) is 24.3 Å². The zero-order valence-electron chi connectivity index (χ0n) is 21.1. The quantitative estimate of drug-likeness (QED) is 0.235. The molecule has 1 amide bonds. The molecule has 40 heavy (non-hydrogen) atoms. The number of anilines is 1. The van der Waals surface area contributed by atoms with Crippen molar-refractivity contribution in [1.82, 2.24) is 5.32 Å². The average molecular weight is 576 g/mol. The van der Waals surface area contributed by atoms with E-state index in [2.05, 4.69) is 10.4 Å². The van der Waals surface area contributed by atoms with Crippen molar-refractivity contribution in [3.8, 4) is 10.4 Å². The number of halogens is 2. The van der Waals surface area contributed by atoms with E-state index < -0.39 is 12.2 Å². The van der Waals surface area contributed by atoms with Gasteiger partial charge in [0.2, 0.25) is 0 Å². The first kappa shape index (κ1) is 27.3. The predicted molar refractivity (Wildman–Crippen MR) is 155 cm³/mol. The second-order valence-corrected chi connectivity index (χ2v) is 10.6. The van der Waals surface area contributed by atoms with Crippen LogP contribution in [-0.4, -0.2) is 34.0 Å². The summed E-state index contributed by atoms with van der Waals surface area (Å²) in [6.45, 7) is 2.01. The molecular formula is C30H23ClFN3O4S. The number of amides is 1. The van der Waals surface area contributed by atoms with Crippen LogP contribution < -0.4 is 10.3 Å². The SMILES string of the molecule is CC1=NN(c2cccc(C(=O)O)c2)C(O)/C1=C\c1ccc(-c2ccc(Cl)c(C(=O)NCc3ccc(F)cc3)c2)s1. The van der Waals surface area contributed by atoms with Crippen LogP contribution in [0.4, 0.5) is 10.1 Å². The molecule has 3 aromatic carbocycles. The van der Waals surface area contributed by atoms with E-state index in [1.165, 1.54) is 40.6 Å². The van der Waals surface area contributed by atoms with E-state index in [9.17, 15) is 24.2 Å². The molecule has 0 saturated heterocycles. The molecule has 0 spiro atoms. The Morgan fingerprint density at radius 2 is 1.88 bits per heavy atom. The number of hydrogen-bond acceptors (Lipinski definition) is 6. The third-order valence-corrected chi connectivity index (χ3v) is 7.74. The highest BCUT2D eigenvalue weighted by Gasteiger charge is 2.29. The van der Waals surface area contributed by atoms with Crippen LogP contribution in [0, 0.1) is 5.82 Å². The Labute approximate surface area is 238 Å². The van der Waals surface area contributed by atoms with Crippen molar-refractivity contribution in [3.63, 3.8) is 0 Å². The summed E-state index contributed by atoms with van der Waals surface area (Å²) in [5, 5.41) is 29.2. The van der Waals surface area contributed by atoms with Crippen molar-refractivity contribution >= 4 is 52.3 Å². The number of rotatable bonds is 7. The molecule has 202 valence electrons. The van der Waals surface area contributed by atoms with Gasteiger partial charge in [-0.15, -0.1) is 11.3 Å². The van der Waals surface area contributed by atoms with Gasteiger partial charge in [-0.2, -0.15) is 5.10 Å². The lowest BCUT2D eigenvalue weighted by Gasteiger charge is -2.20. The second-order valence-electron chi connectivity index (χ2n) is 9.06. The summed E-state index contributed by atoms with van der Waals surface area (Å²) < 4.78 is 13.1. The van der Waals surface area contributed by atoms with E-state index in [1.54, 1.807) is 43.3 Å². The molecule has 2 heterocycles. The van der Waals surface area contributed by atoms with Crippen molar-refractivity contribution in [1.29, 1.82) is 0 Å². The number of carbonyl (C=O) groups is 2. The number of aromatic carboxylic acids is 1. The van der Waals surface area contributed by atoms with Crippen LogP contribution >= 0.6 is 22.9 Å². The van der Waals surface area contributed by atoms with Crippen molar-refractivity contribution in [2.24, 2.45) is 5.10 Å². The van der Waals surface area contributed by atoms with Crippen molar-refractivity contribution in [2.45, 2.75) is 19.7 Å². The lowest BCUT2D eigenvalue weighted by Crippen LogP contribution is -2.27. The number of aliphatic hydroxyl groups excluding tert-OH is 1. The molecule has 1 unspecified atom stereocenters. The Hall–Kier alpha value is -4.31. The first-order chi connectivity index (χ1) is 19.2. The standard InChI is InChI=1S/C30H23ClFN3O4S/c1-17-24(29(37)35(34-17)22-4-2-3-20(13-22)30(38)39)15-23-10-12-27(40-23)19-7-11-26(31)25(14-19)28(36)33-16-18-5-8-21(32)9-6-18/h2-15,29,37H,16H2,1H3,(H,33,36)(H,38,39)/b24-15-. The van der Waals surface area contributed by atoms with Crippen LogP contribution in [0.15, 0.2) is 89.5 Å². The molecule has 0 bridgehead atoms. The summed E-state index contributed by atoms with van der Waals surface area (Å²) in [7, 11) is 0. The van der Waals surface area contributed by atoms with Gasteiger partial charge in [0.1, 0.15) is 5.82 Å². The predicted octanol–water partition coefficient (Wildman–Crippen LogP) is 6.43. The minimum absolute atomic E-state index is 0.101. The molecule has 1 aliphatic rings. The number of nitrogens with zero attached hydrogens (tertiary/aromatic N) is 2. The maximum Gasteiger partial charge on any atom is 0.335 e. The smallest absolute Gasteiger partial charge is 0.335 e. The minimum Gasteiger partial charge on any atom is -0.478 e. The summed E-state index contributed by atoms with van der Waals surface area (Å²) in [6, 6.07) is 21.2. The highest BCUT2D eigenvalue weighted by atomic mass is 35.5.